The van der Waals surface area contributed by atoms with Crippen molar-refractivity contribution < 1.29 is 9.53 Å². The molecule has 4 heteroatoms. The molecule has 0 radical (unpaired) electrons. The van der Waals surface area contributed by atoms with Crippen molar-refractivity contribution in [2.45, 2.75) is 12.5 Å². The van der Waals surface area contributed by atoms with Crippen molar-refractivity contribution in [3.63, 3.8) is 0 Å². The Balaban J connectivity index is 1.52. The highest BCUT2D eigenvalue weighted by atomic mass is 16.5. The van der Waals surface area contributed by atoms with E-state index in [1.165, 1.54) is 0 Å². The zero-order valence-corrected chi connectivity index (χ0v) is 11.5. The van der Waals surface area contributed by atoms with Crippen molar-refractivity contribution in [1.29, 1.82) is 5.41 Å². The third-order valence-electron chi connectivity index (χ3n) is 3.42. The highest BCUT2D eigenvalue weighted by molar-refractivity contribution is 5.96. The van der Waals surface area contributed by atoms with Gasteiger partial charge in [0.15, 0.2) is 0 Å². The molecule has 1 amide bonds. The van der Waals surface area contributed by atoms with Gasteiger partial charge in [-0.3, -0.25) is 10.2 Å². The number of amides is 1. The topological polar surface area (TPSA) is 62.2 Å². The summed E-state index contributed by atoms with van der Waals surface area (Å²) in [6.45, 7) is 0. The van der Waals surface area contributed by atoms with E-state index in [2.05, 4.69) is 5.32 Å². The minimum Gasteiger partial charge on any atom is -0.473 e. The Morgan fingerprint density at radius 3 is 2.33 bits per heavy atom. The van der Waals surface area contributed by atoms with Crippen LogP contribution in [0.15, 0.2) is 60.7 Å². The van der Waals surface area contributed by atoms with E-state index in [9.17, 15) is 4.79 Å². The number of hydrogen-bond donors (Lipinski definition) is 2. The van der Waals surface area contributed by atoms with Crippen molar-refractivity contribution in [2.75, 3.05) is 5.32 Å². The number of para-hydroxylation sites is 1. The fourth-order valence-electron chi connectivity index (χ4n) is 2.14. The molecule has 0 aliphatic heterocycles. The van der Waals surface area contributed by atoms with E-state index in [-0.39, 0.29) is 23.8 Å². The highest BCUT2D eigenvalue weighted by Crippen LogP contribution is 2.35. The lowest BCUT2D eigenvalue weighted by Gasteiger charge is -2.07. The van der Waals surface area contributed by atoms with Gasteiger partial charge in [0.1, 0.15) is 6.10 Å². The lowest BCUT2D eigenvalue weighted by molar-refractivity contribution is -0.117. The molecule has 1 aliphatic rings. The van der Waals surface area contributed by atoms with E-state index in [0.29, 0.717) is 6.42 Å². The Bertz CT molecular complexity index is 640. The first kappa shape index (κ1) is 13.4. The van der Waals surface area contributed by atoms with Crippen LogP contribution in [0.3, 0.4) is 0 Å². The Hall–Kier alpha value is -2.62. The van der Waals surface area contributed by atoms with Crippen LogP contribution < -0.4 is 5.32 Å². The summed E-state index contributed by atoms with van der Waals surface area (Å²) >= 11 is 0. The Labute approximate surface area is 123 Å². The maximum atomic E-state index is 12.0. The van der Waals surface area contributed by atoms with Crippen LogP contribution in [-0.2, 0) is 9.53 Å². The molecule has 2 N–H and O–H groups in total. The second kappa shape index (κ2) is 5.79. The molecule has 0 heterocycles. The molecule has 106 valence electrons. The molecule has 21 heavy (non-hydrogen) atoms. The predicted octanol–water partition coefficient (Wildman–Crippen LogP) is 3.06. The van der Waals surface area contributed by atoms with Gasteiger partial charge in [0.25, 0.3) is 0 Å². The Kier molecular flexibility index (Phi) is 3.69. The summed E-state index contributed by atoms with van der Waals surface area (Å²) in [6.07, 6.45) is 0.467. The van der Waals surface area contributed by atoms with E-state index < -0.39 is 0 Å². The lowest BCUT2D eigenvalue weighted by atomic mass is 10.2. The average Bonchev–Trinajstić information content (AvgIpc) is 3.28. The fraction of sp³-hybridized carbons (Fsp3) is 0.176. The third-order valence-corrected chi connectivity index (χ3v) is 3.42. The van der Waals surface area contributed by atoms with E-state index in [1.807, 2.05) is 60.7 Å². The monoisotopic (exact) mass is 280 g/mol. The second-order valence-corrected chi connectivity index (χ2v) is 5.05. The molecule has 4 nitrogen and oxygen atoms in total. The molecule has 1 aliphatic carbocycles. The summed E-state index contributed by atoms with van der Waals surface area (Å²) in [5.74, 6) is -0.100. The number of benzene rings is 2. The van der Waals surface area contributed by atoms with Crippen LogP contribution in [0, 0.1) is 11.3 Å². The first-order valence-corrected chi connectivity index (χ1v) is 6.90. The first-order valence-electron chi connectivity index (χ1n) is 6.90. The van der Waals surface area contributed by atoms with Crippen molar-refractivity contribution in [3.05, 3.63) is 66.2 Å². The molecule has 0 spiro atoms. The summed E-state index contributed by atoms with van der Waals surface area (Å²) in [4.78, 5) is 12.0. The van der Waals surface area contributed by atoms with Crippen LogP contribution in [-0.4, -0.2) is 17.9 Å². The summed E-state index contributed by atoms with van der Waals surface area (Å²) in [7, 11) is 0. The standard InChI is InChI=1S/C17H16N2O2/c18-16(12-7-3-1-4-8-12)21-15-11-14(15)17(20)19-13-9-5-2-6-10-13/h1-10,14-15,18H,11H2,(H,19,20). The third kappa shape index (κ3) is 3.28. The zero-order valence-electron chi connectivity index (χ0n) is 11.5. The molecule has 1 saturated carbocycles. The van der Waals surface area contributed by atoms with Crippen LogP contribution in [0.25, 0.3) is 0 Å². The van der Waals surface area contributed by atoms with Gasteiger partial charge < -0.3 is 10.1 Å². The van der Waals surface area contributed by atoms with Crippen molar-refractivity contribution >= 4 is 17.5 Å². The predicted molar refractivity (Wildman–Crippen MR) is 81.3 cm³/mol. The fourth-order valence-corrected chi connectivity index (χ4v) is 2.14. The number of rotatable bonds is 4. The van der Waals surface area contributed by atoms with Gasteiger partial charge in [-0.1, -0.05) is 36.4 Å². The first-order chi connectivity index (χ1) is 10.2. The number of hydrogen-bond acceptors (Lipinski definition) is 3. The van der Waals surface area contributed by atoms with Crippen LogP contribution in [0.5, 0.6) is 0 Å². The van der Waals surface area contributed by atoms with Crippen molar-refractivity contribution in [1.82, 2.24) is 0 Å². The molecule has 2 aromatic carbocycles. The van der Waals surface area contributed by atoms with E-state index in [1.54, 1.807) is 0 Å². The molecule has 2 aromatic rings. The zero-order chi connectivity index (χ0) is 14.7. The molecular formula is C17H16N2O2. The van der Waals surface area contributed by atoms with Crippen LogP contribution in [0.4, 0.5) is 5.69 Å². The Morgan fingerprint density at radius 1 is 1.05 bits per heavy atom. The van der Waals surface area contributed by atoms with Gasteiger partial charge in [0, 0.05) is 17.7 Å². The van der Waals surface area contributed by atoms with Gasteiger partial charge in [-0.05, 0) is 24.3 Å². The number of ether oxygens (including phenoxy) is 1. The SMILES string of the molecule is N=C(OC1CC1C(=O)Nc1ccccc1)c1ccccc1. The quantitative estimate of drug-likeness (QED) is 0.668. The number of carbonyl (C=O) groups excluding carboxylic acids is 1. The lowest BCUT2D eigenvalue weighted by Crippen LogP contribution is -2.18. The number of anilines is 1. The maximum absolute atomic E-state index is 12.0. The second-order valence-electron chi connectivity index (χ2n) is 5.05. The normalized spacial score (nSPS) is 19.6. The van der Waals surface area contributed by atoms with Gasteiger partial charge in [-0.2, -0.15) is 0 Å². The molecule has 0 aromatic heterocycles. The molecular weight excluding hydrogens is 264 g/mol. The highest BCUT2D eigenvalue weighted by Gasteiger charge is 2.46. The van der Waals surface area contributed by atoms with Gasteiger partial charge in [-0.15, -0.1) is 0 Å². The molecule has 1 fully saturated rings. The summed E-state index contributed by atoms with van der Waals surface area (Å²) in [5.41, 5.74) is 1.51. The summed E-state index contributed by atoms with van der Waals surface area (Å²) in [5, 5.41) is 10.8. The van der Waals surface area contributed by atoms with Gasteiger partial charge in [0.05, 0.1) is 5.92 Å². The largest absolute Gasteiger partial charge is 0.473 e. The van der Waals surface area contributed by atoms with Crippen molar-refractivity contribution in [2.24, 2.45) is 5.92 Å². The van der Waals surface area contributed by atoms with E-state index in [0.717, 1.165) is 11.3 Å². The number of carbonyl (C=O) groups is 1. The average molecular weight is 280 g/mol. The van der Waals surface area contributed by atoms with Gasteiger partial charge in [0.2, 0.25) is 11.8 Å². The molecule has 0 bridgehead atoms. The van der Waals surface area contributed by atoms with Crippen molar-refractivity contribution in [3.8, 4) is 0 Å². The molecule has 3 rings (SSSR count). The van der Waals surface area contributed by atoms with Crippen LogP contribution in [0.2, 0.25) is 0 Å². The van der Waals surface area contributed by atoms with Gasteiger partial charge in [-0.25, -0.2) is 0 Å². The minimum atomic E-state index is -0.193. The maximum Gasteiger partial charge on any atom is 0.231 e. The Morgan fingerprint density at radius 2 is 1.67 bits per heavy atom. The smallest absolute Gasteiger partial charge is 0.231 e. The summed E-state index contributed by atoms with van der Waals surface area (Å²) < 4.78 is 5.54. The van der Waals surface area contributed by atoms with E-state index in [4.69, 9.17) is 10.1 Å². The van der Waals surface area contributed by atoms with Crippen LogP contribution >= 0.6 is 0 Å². The summed E-state index contributed by atoms with van der Waals surface area (Å²) in [6, 6.07) is 18.6. The minimum absolute atomic E-state index is 0.0490. The number of nitrogens with one attached hydrogen (secondary N) is 2. The molecule has 2 atom stereocenters. The van der Waals surface area contributed by atoms with Crippen LogP contribution in [0.1, 0.15) is 12.0 Å². The van der Waals surface area contributed by atoms with Gasteiger partial charge >= 0.3 is 0 Å². The molecule has 2 unspecified atom stereocenters. The van der Waals surface area contributed by atoms with E-state index >= 15 is 0 Å². The molecule has 0 saturated heterocycles.